The molecule has 2 heterocycles. The molecule has 0 bridgehead atoms. The van der Waals surface area contributed by atoms with Crippen molar-refractivity contribution in [2.24, 2.45) is 0 Å². The average molecular weight is 319 g/mol. The fourth-order valence-electron chi connectivity index (χ4n) is 2.45. The molecule has 0 saturated carbocycles. The molecule has 1 aliphatic rings. The first-order chi connectivity index (χ1) is 10.8. The minimum absolute atomic E-state index is 0.211. The Balaban J connectivity index is 1.57. The molecule has 0 aliphatic carbocycles. The summed E-state index contributed by atoms with van der Waals surface area (Å²) in [7, 11) is 0. The molecule has 5 nitrogen and oxygen atoms in total. The van der Waals surface area contributed by atoms with Crippen LogP contribution in [0.5, 0.6) is 5.75 Å². The van der Waals surface area contributed by atoms with Gasteiger partial charge in [0.15, 0.2) is 5.13 Å². The van der Waals surface area contributed by atoms with Gasteiger partial charge in [0.05, 0.1) is 18.3 Å². The molecule has 118 valence electrons. The molecule has 1 fully saturated rings. The summed E-state index contributed by atoms with van der Waals surface area (Å²) in [5.74, 6) is 0.856. The van der Waals surface area contributed by atoms with Gasteiger partial charge in [-0.05, 0) is 31.4 Å². The number of para-hydroxylation sites is 2. The Morgan fingerprint density at radius 3 is 3.05 bits per heavy atom. The van der Waals surface area contributed by atoms with Crippen molar-refractivity contribution >= 4 is 22.2 Å². The normalized spacial score (nSPS) is 18.1. The lowest BCUT2D eigenvalue weighted by Gasteiger charge is -2.23. The molecule has 0 spiro atoms. The van der Waals surface area contributed by atoms with Gasteiger partial charge in [0.1, 0.15) is 12.4 Å². The lowest BCUT2D eigenvalue weighted by molar-refractivity contribution is -0.0109. The second-order valence-corrected chi connectivity index (χ2v) is 6.46. The second kappa shape index (κ2) is 7.47. The second-order valence-electron chi connectivity index (χ2n) is 5.31. The number of nitrogen functional groups attached to an aromatic ring is 1. The Bertz CT molecular complexity index is 597. The highest BCUT2D eigenvalue weighted by atomic mass is 32.1. The number of hydrogen-bond donors (Lipinski definition) is 2. The zero-order valence-corrected chi connectivity index (χ0v) is 13.3. The van der Waals surface area contributed by atoms with Crippen molar-refractivity contribution < 1.29 is 9.47 Å². The van der Waals surface area contributed by atoms with Crippen LogP contribution in [0, 0.1) is 0 Å². The quantitative estimate of drug-likeness (QED) is 0.855. The Morgan fingerprint density at radius 2 is 2.27 bits per heavy atom. The van der Waals surface area contributed by atoms with Crippen molar-refractivity contribution in [3.8, 4) is 5.75 Å². The van der Waals surface area contributed by atoms with Crippen LogP contribution in [0.2, 0.25) is 0 Å². The van der Waals surface area contributed by atoms with E-state index in [2.05, 4.69) is 10.3 Å². The Hall–Kier alpha value is -1.79. The molecule has 0 amide bonds. The number of rotatable bonds is 6. The lowest BCUT2D eigenvalue weighted by Crippen LogP contribution is -2.25. The number of nitrogens with two attached hydrogens (primary N) is 1. The van der Waals surface area contributed by atoms with Gasteiger partial charge >= 0.3 is 0 Å². The molecule has 3 rings (SSSR count). The van der Waals surface area contributed by atoms with Crippen LogP contribution in [-0.2, 0) is 11.3 Å². The highest BCUT2D eigenvalue weighted by Gasteiger charge is 2.15. The number of aromatic nitrogens is 1. The van der Waals surface area contributed by atoms with Crippen LogP contribution in [0.25, 0.3) is 0 Å². The summed E-state index contributed by atoms with van der Waals surface area (Å²) in [6.45, 7) is 2.14. The minimum Gasteiger partial charge on any atom is -0.489 e. The Labute approximate surface area is 134 Å². The van der Waals surface area contributed by atoms with E-state index in [-0.39, 0.29) is 6.10 Å². The first kappa shape index (κ1) is 15.1. The van der Waals surface area contributed by atoms with Gasteiger partial charge in [-0.2, -0.15) is 0 Å². The molecular weight excluding hydrogens is 298 g/mol. The van der Waals surface area contributed by atoms with Gasteiger partial charge in [0.2, 0.25) is 0 Å². The molecule has 3 N–H and O–H groups in total. The largest absolute Gasteiger partial charge is 0.489 e. The number of benzene rings is 1. The lowest BCUT2D eigenvalue weighted by atomic mass is 10.1. The van der Waals surface area contributed by atoms with Crippen LogP contribution in [-0.4, -0.2) is 24.3 Å². The fraction of sp³-hybridized carbons (Fsp3) is 0.438. The maximum absolute atomic E-state index is 5.95. The third kappa shape index (κ3) is 4.11. The van der Waals surface area contributed by atoms with Crippen molar-refractivity contribution in [1.82, 2.24) is 4.98 Å². The molecule has 1 aromatic heterocycles. The summed E-state index contributed by atoms with van der Waals surface area (Å²) in [5, 5.41) is 3.97. The van der Waals surface area contributed by atoms with Crippen LogP contribution < -0.4 is 15.8 Å². The molecule has 0 radical (unpaired) electrons. The number of nitrogens with zero attached hydrogens (tertiary/aromatic N) is 1. The van der Waals surface area contributed by atoms with Crippen molar-refractivity contribution in [1.29, 1.82) is 0 Å². The third-order valence-electron chi connectivity index (χ3n) is 3.61. The van der Waals surface area contributed by atoms with Gasteiger partial charge in [0, 0.05) is 17.7 Å². The van der Waals surface area contributed by atoms with Crippen LogP contribution in [0.15, 0.2) is 30.5 Å². The topological polar surface area (TPSA) is 69.4 Å². The predicted octanol–water partition coefficient (Wildman–Crippen LogP) is 3.29. The third-order valence-corrected chi connectivity index (χ3v) is 4.44. The van der Waals surface area contributed by atoms with Crippen LogP contribution in [0.1, 0.15) is 24.1 Å². The van der Waals surface area contributed by atoms with E-state index < -0.39 is 0 Å². The standard InChI is InChI=1S/C16H21N3O2S/c17-16-19-10-13(22-16)9-18-14-6-1-2-7-15(14)21-11-12-5-3-4-8-20-12/h1-2,6-7,10,12,18H,3-5,8-9,11H2,(H2,17,19). The maximum Gasteiger partial charge on any atom is 0.180 e. The van der Waals surface area contributed by atoms with Gasteiger partial charge in [-0.1, -0.05) is 12.1 Å². The summed E-state index contributed by atoms with van der Waals surface area (Å²) < 4.78 is 11.7. The summed E-state index contributed by atoms with van der Waals surface area (Å²) in [5.41, 5.74) is 6.63. The van der Waals surface area contributed by atoms with Crippen molar-refractivity contribution in [3.05, 3.63) is 35.3 Å². The molecule has 6 heteroatoms. The van der Waals surface area contributed by atoms with E-state index in [9.17, 15) is 0 Å². The van der Waals surface area contributed by atoms with Crippen molar-refractivity contribution in [2.75, 3.05) is 24.3 Å². The predicted molar refractivity (Wildman–Crippen MR) is 89.4 cm³/mol. The maximum atomic E-state index is 5.95. The molecule has 1 aliphatic heterocycles. The number of hydrogen-bond acceptors (Lipinski definition) is 6. The van der Waals surface area contributed by atoms with Gasteiger partial charge in [0.25, 0.3) is 0 Å². The van der Waals surface area contributed by atoms with E-state index in [1.54, 1.807) is 6.20 Å². The van der Waals surface area contributed by atoms with Gasteiger partial charge in [-0.15, -0.1) is 11.3 Å². The van der Waals surface area contributed by atoms with Crippen LogP contribution in [0.4, 0.5) is 10.8 Å². The Morgan fingerprint density at radius 1 is 1.36 bits per heavy atom. The highest BCUT2D eigenvalue weighted by Crippen LogP contribution is 2.26. The van der Waals surface area contributed by atoms with E-state index in [0.29, 0.717) is 18.3 Å². The summed E-state index contributed by atoms with van der Waals surface area (Å²) in [4.78, 5) is 5.16. The zero-order chi connectivity index (χ0) is 15.2. The molecule has 2 aromatic rings. The zero-order valence-electron chi connectivity index (χ0n) is 12.5. The molecule has 1 atom stereocenters. The van der Waals surface area contributed by atoms with Gasteiger partial charge < -0.3 is 20.5 Å². The van der Waals surface area contributed by atoms with E-state index in [1.165, 1.54) is 17.8 Å². The Kier molecular flexibility index (Phi) is 5.13. The summed E-state index contributed by atoms with van der Waals surface area (Å²) >= 11 is 1.49. The number of nitrogens with one attached hydrogen (secondary N) is 1. The summed E-state index contributed by atoms with van der Waals surface area (Å²) in [6.07, 6.45) is 5.47. The molecule has 1 saturated heterocycles. The molecule has 22 heavy (non-hydrogen) atoms. The van der Waals surface area contributed by atoms with E-state index in [0.717, 1.165) is 35.8 Å². The van der Waals surface area contributed by atoms with E-state index >= 15 is 0 Å². The van der Waals surface area contributed by atoms with E-state index in [4.69, 9.17) is 15.2 Å². The highest BCUT2D eigenvalue weighted by molar-refractivity contribution is 7.15. The molecular formula is C16H21N3O2S. The fourth-order valence-corrected chi connectivity index (χ4v) is 3.07. The van der Waals surface area contributed by atoms with E-state index in [1.807, 2.05) is 24.3 Å². The SMILES string of the molecule is Nc1ncc(CNc2ccccc2OCC2CCCCO2)s1. The number of thiazole rings is 1. The van der Waals surface area contributed by atoms with Crippen molar-refractivity contribution in [3.63, 3.8) is 0 Å². The molecule has 1 unspecified atom stereocenters. The van der Waals surface area contributed by atoms with Gasteiger partial charge in [-0.25, -0.2) is 4.98 Å². The average Bonchev–Trinajstić information content (AvgIpc) is 2.98. The van der Waals surface area contributed by atoms with Crippen molar-refractivity contribution in [2.45, 2.75) is 31.9 Å². The number of anilines is 2. The first-order valence-corrected chi connectivity index (χ1v) is 8.40. The monoisotopic (exact) mass is 319 g/mol. The molecule has 1 aromatic carbocycles. The van der Waals surface area contributed by atoms with Crippen LogP contribution in [0.3, 0.4) is 0 Å². The minimum atomic E-state index is 0.211. The summed E-state index contributed by atoms with van der Waals surface area (Å²) in [6, 6.07) is 7.97. The number of ether oxygens (including phenoxy) is 2. The first-order valence-electron chi connectivity index (χ1n) is 7.59. The van der Waals surface area contributed by atoms with Gasteiger partial charge in [-0.3, -0.25) is 0 Å². The van der Waals surface area contributed by atoms with Crippen LogP contribution >= 0.6 is 11.3 Å². The smallest absolute Gasteiger partial charge is 0.180 e.